The van der Waals surface area contributed by atoms with Crippen molar-refractivity contribution in [2.24, 2.45) is 0 Å². The Balaban J connectivity index is 1.83. The SMILES string of the molecule is N#Cc1cccc(-c2ccc(F)c(-c3nc(Cl)nc(-c4ccccc4)n3)c2)c1. The number of benzene rings is 3. The van der Waals surface area contributed by atoms with Gasteiger partial charge in [-0.1, -0.05) is 48.5 Å². The lowest BCUT2D eigenvalue weighted by Gasteiger charge is -2.08. The van der Waals surface area contributed by atoms with Gasteiger partial charge in [0, 0.05) is 5.56 Å². The van der Waals surface area contributed by atoms with Gasteiger partial charge in [0.25, 0.3) is 0 Å². The summed E-state index contributed by atoms with van der Waals surface area (Å²) in [5.74, 6) is 0.0444. The van der Waals surface area contributed by atoms with E-state index in [1.807, 2.05) is 36.4 Å². The molecule has 4 nitrogen and oxygen atoms in total. The molecule has 0 spiro atoms. The molecule has 1 heterocycles. The van der Waals surface area contributed by atoms with E-state index in [0.717, 1.165) is 16.7 Å². The number of nitriles is 1. The molecule has 28 heavy (non-hydrogen) atoms. The summed E-state index contributed by atoms with van der Waals surface area (Å²) in [6.45, 7) is 0. The van der Waals surface area contributed by atoms with E-state index in [0.29, 0.717) is 11.4 Å². The molecule has 0 unspecified atom stereocenters. The molecule has 0 aliphatic rings. The Kier molecular flexibility index (Phi) is 4.79. The first kappa shape index (κ1) is 17.8. The first-order valence-corrected chi connectivity index (χ1v) is 8.79. The molecule has 4 aromatic rings. The third-order valence-corrected chi connectivity index (χ3v) is 4.34. The largest absolute Gasteiger partial charge is 0.226 e. The molecule has 0 N–H and O–H groups in total. The summed E-state index contributed by atoms with van der Waals surface area (Å²) >= 11 is 6.08. The fraction of sp³-hybridized carbons (Fsp3) is 0. The standard InChI is InChI=1S/C22H12ClFN4/c23-22-27-20(15-6-2-1-3-7-15)26-21(28-22)18-12-17(9-10-19(18)24)16-8-4-5-14(11-16)13-25/h1-12H. The zero-order valence-electron chi connectivity index (χ0n) is 14.5. The van der Waals surface area contributed by atoms with Crippen molar-refractivity contribution in [3.05, 3.63) is 89.5 Å². The van der Waals surface area contributed by atoms with Crippen LogP contribution in [0.1, 0.15) is 5.56 Å². The van der Waals surface area contributed by atoms with E-state index < -0.39 is 5.82 Å². The summed E-state index contributed by atoms with van der Waals surface area (Å²) < 4.78 is 14.6. The number of nitrogens with zero attached hydrogens (tertiary/aromatic N) is 4. The molecule has 4 rings (SSSR count). The molecule has 134 valence electrons. The molecule has 0 aliphatic carbocycles. The third kappa shape index (κ3) is 3.59. The maximum atomic E-state index is 14.6. The molecule has 0 aliphatic heterocycles. The van der Waals surface area contributed by atoms with Gasteiger partial charge in [0.2, 0.25) is 5.28 Å². The zero-order chi connectivity index (χ0) is 19.5. The first-order valence-electron chi connectivity index (χ1n) is 8.41. The van der Waals surface area contributed by atoms with Crippen LogP contribution < -0.4 is 0 Å². The normalized spacial score (nSPS) is 10.5. The van der Waals surface area contributed by atoms with Gasteiger partial charge in [0.1, 0.15) is 5.82 Å². The van der Waals surface area contributed by atoms with Crippen LogP contribution in [0.25, 0.3) is 33.9 Å². The molecular formula is C22H12ClFN4. The second-order valence-corrected chi connectivity index (χ2v) is 6.34. The third-order valence-electron chi connectivity index (χ3n) is 4.17. The van der Waals surface area contributed by atoms with Gasteiger partial charge in [-0.2, -0.15) is 15.2 Å². The summed E-state index contributed by atoms with van der Waals surface area (Å²) in [7, 11) is 0. The smallest absolute Gasteiger partial charge is 0.208 e. The second-order valence-electron chi connectivity index (χ2n) is 6.00. The van der Waals surface area contributed by atoms with Crippen LogP contribution in [0.2, 0.25) is 5.28 Å². The topological polar surface area (TPSA) is 62.5 Å². The fourth-order valence-electron chi connectivity index (χ4n) is 2.83. The summed E-state index contributed by atoms with van der Waals surface area (Å²) in [4.78, 5) is 12.7. The van der Waals surface area contributed by atoms with Gasteiger partial charge < -0.3 is 0 Å². The first-order chi connectivity index (χ1) is 13.6. The number of rotatable bonds is 3. The average Bonchev–Trinajstić information content (AvgIpc) is 2.74. The molecule has 0 fully saturated rings. The predicted octanol–water partition coefficient (Wildman–Crippen LogP) is 5.54. The molecular weight excluding hydrogens is 375 g/mol. The van der Waals surface area contributed by atoms with Gasteiger partial charge in [0.15, 0.2) is 11.6 Å². The Labute approximate surface area is 165 Å². The van der Waals surface area contributed by atoms with E-state index >= 15 is 0 Å². The summed E-state index contributed by atoms with van der Waals surface area (Å²) in [6.07, 6.45) is 0. The Bertz CT molecular complexity index is 1200. The van der Waals surface area contributed by atoms with Crippen molar-refractivity contribution in [2.45, 2.75) is 0 Å². The Morgan fingerprint density at radius 2 is 1.46 bits per heavy atom. The van der Waals surface area contributed by atoms with Crippen molar-refractivity contribution in [1.82, 2.24) is 15.0 Å². The van der Waals surface area contributed by atoms with E-state index in [4.69, 9.17) is 16.9 Å². The van der Waals surface area contributed by atoms with Crippen LogP contribution in [0.5, 0.6) is 0 Å². The van der Waals surface area contributed by atoms with Gasteiger partial charge in [-0.25, -0.2) is 9.37 Å². The summed E-state index contributed by atoms with van der Waals surface area (Å²) in [6, 6.07) is 23.1. The van der Waals surface area contributed by atoms with E-state index in [2.05, 4.69) is 21.0 Å². The molecule has 6 heteroatoms. The van der Waals surface area contributed by atoms with Crippen LogP contribution in [0.4, 0.5) is 4.39 Å². The van der Waals surface area contributed by atoms with Crippen molar-refractivity contribution >= 4 is 11.6 Å². The van der Waals surface area contributed by atoms with Crippen LogP contribution in [0.15, 0.2) is 72.8 Å². The van der Waals surface area contributed by atoms with Gasteiger partial charge in [-0.15, -0.1) is 0 Å². The van der Waals surface area contributed by atoms with Crippen molar-refractivity contribution in [3.8, 4) is 40.0 Å². The predicted molar refractivity (Wildman–Crippen MR) is 106 cm³/mol. The maximum Gasteiger partial charge on any atom is 0.226 e. The number of halogens is 2. The number of aromatic nitrogens is 3. The molecule has 0 bridgehead atoms. The number of hydrogen-bond donors (Lipinski definition) is 0. The van der Waals surface area contributed by atoms with Crippen molar-refractivity contribution in [3.63, 3.8) is 0 Å². The molecule has 3 aromatic carbocycles. The quantitative estimate of drug-likeness (QED) is 0.464. The molecule has 0 atom stereocenters. The van der Waals surface area contributed by atoms with Crippen molar-refractivity contribution < 1.29 is 4.39 Å². The van der Waals surface area contributed by atoms with Crippen LogP contribution in [-0.4, -0.2) is 15.0 Å². The zero-order valence-corrected chi connectivity index (χ0v) is 15.2. The van der Waals surface area contributed by atoms with Crippen LogP contribution in [-0.2, 0) is 0 Å². The van der Waals surface area contributed by atoms with Crippen LogP contribution in [0, 0.1) is 17.1 Å². The van der Waals surface area contributed by atoms with Gasteiger partial charge in [0.05, 0.1) is 17.2 Å². The lowest BCUT2D eigenvalue weighted by Crippen LogP contribution is -1.99. The summed E-state index contributed by atoms with van der Waals surface area (Å²) in [5.41, 5.74) is 3.03. The highest BCUT2D eigenvalue weighted by Crippen LogP contribution is 2.29. The van der Waals surface area contributed by atoms with Crippen molar-refractivity contribution in [2.75, 3.05) is 0 Å². The van der Waals surface area contributed by atoms with Gasteiger partial charge >= 0.3 is 0 Å². The lowest BCUT2D eigenvalue weighted by atomic mass is 10.0. The van der Waals surface area contributed by atoms with E-state index in [-0.39, 0.29) is 16.7 Å². The van der Waals surface area contributed by atoms with Crippen LogP contribution in [0.3, 0.4) is 0 Å². The van der Waals surface area contributed by atoms with E-state index in [1.54, 1.807) is 30.3 Å². The molecule has 0 radical (unpaired) electrons. The highest BCUT2D eigenvalue weighted by atomic mass is 35.5. The molecule has 1 aromatic heterocycles. The minimum absolute atomic E-state index is 0.0138. The summed E-state index contributed by atoms with van der Waals surface area (Å²) in [5, 5.41) is 9.09. The second kappa shape index (κ2) is 7.55. The Morgan fingerprint density at radius 3 is 2.25 bits per heavy atom. The van der Waals surface area contributed by atoms with E-state index in [1.165, 1.54) is 6.07 Å². The monoisotopic (exact) mass is 386 g/mol. The number of hydrogen-bond acceptors (Lipinski definition) is 4. The maximum absolute atomic E-state index is 14.6. The van der Waals surface area contributed by atoms with Crippen LogP contribution >= 0.6 is 11.6 Å². The minimum Gasteiger partial charge on any atom is -0.208 e. The minimum atomic E-state index is -0.471. The molecule has 0 amide bonds. The van der Waals surface area contributed by atoms with Gasteiger partial charge in [-0.3, -0.25) is 0 Å². The molecule has 0 saturated carbocycles. The molecule has 0 saturated heterocycles. The fourth-order valence-corrected chi connectivity index (χ4v) is 2.99. The Morgan fingerprint density at radius 1 is 0.750 bits per heavy atom. The average molecular weight is 387 g/mol. The lowest BCUT2D eigenvalue weighted by molar-refractivity contribution is 0.630. The van der Waals surface area contributed by atoms with E-state index in [9.17, 15) is 4.39 Å². The van der Waals surface area contributed by atoms with Crippen molar-refractivity contribution in [1.29, 1.82) is 5.26 Å². The highest BCUT2D eigenvalue weighted by molar-refractivity contribution is 6.28. The van der Waals surface area contributed by atoms with Gasteiger partial charge in [-0.05, 0) is 47.0 Å². The Hall–Kier alpha value is -3.62. The highest BCUT2D eigenvalue weighted by Gasteiger charge is 2.14.